The molecular formula is C22H30O3. The average Bonchev–Trinajstić information content (AvgIpc) is 3.01. The lowest BCUT2D eigenvalue weighted by Crippen LogP contribution is -2.44. The molecule has 0 bridgehead atoms. The molecule has 3 rings (SSSR count). The van der Waals surface area contributed by atoms with Crippen LogP contribution in [0.4, 0.5) is 0 Å². The molecule has 2 aliphatic rings. The predicted octanol–water partition coefficient (Wildman–Crippen LogP) is 4.68. The molecule has 2 fully saturated rings. The summed E-state index contributed by atoms with van der Waals surface area (Å²) >= 11 is 0. The van der Waals surface area contributed by atoms with Gasteiger partial charge in [-0.1, -0.05) is 57.5 Å². The molecule has 0 aromatic heterocycles. The lowest BCUT2D eigenvalue weighted by Gasteiger charge is -2.44. The van der Waals surface area contributed by atoms with Gasteiger partial charge < -0.3 is 4.74 Å². The zero-order valence-electron chi connectivity index (χ0n) is 15.7. The van der Waals surface area contributed by atoms with Crippen LogP contribution in [0.3, 0.4) is 0 Å². The van der Waals surface area contributed by atoms with E-state index in [1.807, 2.05) is 6.07 Å². The first kappa shape index (κ1) is 18.2. The largest absolute Gasteiger partial charge is 0.461 e. The van der Waals surface area contributed by atoms with Crippen LogP contribution in [0.2, 0.25) is 0 Å². The van der Waals surface area contributed by atoms with Gasteiger partial charge in [0.05, 0.1) is 0 Å². The molecular weight excluding hydrogens is 312 g/mol. The van der Waals surface area contributed by atoms with E-state index in [0.29, 0.717) is 18.8 Å². The first-order valence-electron chi connectivity index (χ1n) is 9.68. The summed E-state index contributed by atoms with van der Waals surface area (Å²) in [7, 11) is 0. The fourth-order valence-electron chi connectivity index (χ4n) is 4.66. The van der Waals surface area contributed by atoms with Crippen molar-refractivity contribution in [3.05, 3.63) is 35.9 Å². The number of rotatable bonds is 4. The van der Waals surface area contributed by atoms with Crippen molar-refractivity contribution in [1.29, 1.82) is 0 Å². The van der Waals surface area contributed by atoms with Gasteiger partial charge in [-0.2, -0.15) is 0 Å². The second-order valence-electron chi connectivity index (χ2n) is 8.50. The number of carbonyl (C=O) groups excluding carboxylic acids is 2. The monoisotopic (exact) mass is 342 g/mol. The highest BCUT2D eigenvalue weighted by molar-refractivity contribution is 6.00. The maximum Gasteiger partial charge on any atom is 0.316 e. The lowest BCUT2D eigenvalue weighted by atomic mass is 9.64. The van der Waals surface area contributed by atoms with E-state index in [1.54, 1.807) is 0 Å². The Morgan fingerprint density at radius 3 is 2.48 bits per heavy atom. The second-order valence-corrected chi connectivity index (χ2v) is 8.50. The number of ether oxygens (including phenoxy) is 1. The fraction of sp³-hybridized carbons (Fsp3) is 0.636. The zero-order chi connectivity index (χ0) is 18.0. The topological polar surface area (TPSA) is 43.4 Å². The van der Waals surface area contributed by atoms with Crippen LogP contribution < -0.4 is 0 Å². The molecule has 0 aliphatic heterocycles. The van der Waals surface area contributed by atoms with Crippen LogP contribution >= 0.6 is 0 Å². The van der Waals surface area contributed by atoms with Crippen molar-refractivity contribution < 1.29 is 14.3 Å². The molecule has 0 saturated heterocycles. The number of hydrogen-bond donors (Lipinski definition) is 0. The third-order valence-corrected chi connectivity index (χ3v) is 6.36. The quantitative estimate of drug-likeness (QED) is 0.589. The van der Waals surface area contributed by atoms with Crippen LogP contribution in [0.5, 0.6) is 0 Å². The van der Waals surface area contributed by atoms with Crippen molar-refractivity contribution in [3.63, 3.8) is 0 Å². The summed E-state index contributed by atoms with van der Waals surface area (Å²) in [6.45, 7) is 6.74. The van der Waals surface area contributed by atoms with Crippen molar-refractivity contribution in [2.24, 2.45) is 17.8 Å². The summed E-state index contributed by atoms with van der Waals surface area (Å²) in [5.74, 6) is 0.104. The number of carbonyl (C=O) groups is 2. The van der Waals surface area contributed by atoms with Gasteiger partial charge in [0.1, 0.15) is 17.8 Å². The summed E-state index contributed by atoms with van der Waals surface area (Å²) in [6.07, 6.45) is 5.02. The van der Waals surface area contributed by atoms with E-state index in [9.17, 15) is 9.59 Å². The highest BCUT2D eigenvalue weighted by Crippen LogP contribution is 2.44. The van der Waals surface area contributed by atoms with Crippen molar-refractivity contribution >= 4 is 11.8 Å². The maximum atomic E-state index is 12.6. The number of hydrogen-bond acceptors (Lipinski definition) is 3. The SMILES string of the molecule is CC1CCC(C(C)(C)c2ccccc2)C(OC(=O)C2CCCC2=O)C1. The summed E-state index contributed by atoms with van der Waals surface area (Å²) in [6, 6.07) is 10.5. The molecule has 4 atom stereocenters. The minimum absolute atomic E-state index is 0.0627. The molecule has 136 valence electrons. The lowest BCUT2D eigenvalue weighted by molar-refractivity contribution is -0.162. The van der Waals surface area contributed by atoms with Crippen LogP contribution in [-0.2, 0) is 19.7 Å². The normalized spacial score (nSPS) is 30.3. The molecule has 0 amide bonds. The van der Waals surface area contributed by atoms with Gasteiger partial charge in [-0.3, -0.25) is 9.59 Å². The molecule has 3 nitrogen and oxygen atoms in total. The Labute approximate surface area is 151 Å². The molecule has 0 spiro atoms. The highest BCUT2D eigenvalue weighted by Gasteiger charge is 2.43. The maximum absolute atomic E-state index is 12.6. The van der Waals surface area contributed by atoms with Gasteiger partial charge in [0.25, 0.3) is 0 Å². The third-order valence-electron chi connectivity index (χ3n) is 6.36. The highest BCUT2D eigenvalue weighted by atomic mass is 16.5. The van der Waals surface area contributed by atoms with Crippen molar-refractivity contribution in [2.75, 3.05) is 0 Å². The average molecular weight is 342 g/mol. The van der Waals surface area contributed by atoms with Gasteiger partial charge in [-0.05, 0) is 42.6 Å². The predicted molar refractivity (Wildman–Crippen MR) is 98.2 cm³/mol. The van der Waals surface area contributed by atoms with E-state index in [-0.39, 0.29) is 29.2 Å². The van der Waals surface area contributed by atoms with Crippen molar-refractivity contribution in [1.82, 2.24) is 0 Å². The van der Waals surface area contributed by atoms with E-state index < -0.39 is 5.92 Å². The van der Waals surface area contributed by atoms with Crippen molar-refractivity contribution in [3.8, 4) is 0 Å². The first-order valence-corrected chi connectivity index (χ1v) is 9.68. The molecule has 3 heteroatoms. The second kappa shape index (κ2) is 7.31. The summed E-state index contributed by atoms with van der Waals surface area (Å²) in [5, 5.41) is 0. The van der Waals surface area contributed by atoms with Crippen LogP contribution in [-0.4, -0.2) is 17.9 Å². The molecule has 4 unspecified atom stereocenters. The Kier molecular flexibility index (Phi) is 5.31. The first-order chi connectivity index (χ1) is 11.9. The van der Waals surface area contributed by atoms with E-state index in [4.69, 9.17) is 4.74 Å². The van der Waals surface area contributed by atoms with Gasteiger partial charge >= 0.3 is 5.97 Å². The number of benzene rings is 1. The Morgan fingerprint density at radius 1 is 1.12 bits per heavy atom. The van der Waals surface area contributed by atoms with E-state index >= 15 is 0 Å². The number of Topliss-reactive ketones (excluding diaryl/α,β-unsaturated/α-hetero) is 1. The van der Waals surface area contributed by atoms with Gasteiger partial charge in [0, 0.05) is 12.3 Å². The van der Waals surface area contributed by atoms with Crippen LogP contribution in [0.1, 0.15) is 64.9 Å². The molecule has 0 radical (unpaired) electrons. The molecule has 1 aromatic rings. The molecule has 2 saturated carbocycles. The molecule has 0 N–H and O–H groups in total. The van der Waals surface area contributed by atoms with Crippen LogP contribution in [0.15, 0.2) is 30.3 Å². The summed E-state index contributed by atoms with van der Waals surface area (Å²) < 4.78 is 5.98. The minimum atomic E-state index is -0.516. The van der Waals surface area contributed by atoms with Gasteiger partial charge in [0.2, 0.25) is 0 Å². The van der Waals surface area contributed by atoms with E-state index in [1.165, 1.54) is 5.56 Å². The van der Waals surface area contributed by atoms with Crippen LogP contribution in [0.25, 0.3) is 0 Å². The van der Waals surface area contributed by atoms with Crippen LogP contribution in [0, 0.1) is 17.8 Å². The number of ketones is 1. The zero-order valence-corrected chi connectivity index (χ0v) is 15.7. The van der Waals surface area contributed by atoms with Gasteiger partial charge in [-0.25, -0.2) is 0 Å². The molecule has 2 aliphatic carbocycles. The summed E-state index contributed by atoms with van der Waals surface area (Å²) in [5.41, 5.74) is 1.22. The molecule has 0 heterocycles. The Morgan fingerprint density at radius 2 is 1.84 bits per heavy atom. The smallest absolute Gasteiger partial charge is 0.316 e. The molecule has 25 heavy (non-hydrogen) atoms. The Bertz CT molecular complexity index is 619. The number of esters is 1. The van der Waals surface area contributed by atoms with E-state index in [0.717, 1.165) is 25.7 Å². The van der Waals surface area contributed by atoms with Gasteiger partial charge in [-0.15, -0.1) is 0 Å². The summed E-state index contributed by atoms with van der Waals surface area (Å²) in [4.78, 5) is 24.5. The van der Waals surface area contributed by atoms with E-state index in [2.05, 4.69) is 45.0 Å². The Balaban J connectivity index is 1.79. The van der Waals surface area contributed by atoms with Gasteiger partial charge in [0.15, 0.2) is 0 Å². The Hall–Kier alpha value is -1.64. The van der Waals surface area contributed by atoms with Crippen molar-refractivity contribution in [2.45, 2.75) is 70.8 Å². The fourth-order valence-corrected chi connectivity index (χ4v) is 4.66. The molecule has 1 aromatic carbocycles. The third kappa shape index (κ3) is 3.80. The minimum Gasteiger partial charge on any atom is -0.461 e. The standard InChI is InChI=1S/C22H30O3/c1-15-12-13-18(22(2,3)16-8-5-4-6-9-16)20(14-15)25-21(24)17-10-7-11-19(17)23/h4-6,8-9,15,17-18,20H,7,10-14H2,1-3H3.